The lowest BCUT2D eigenvalue weighted by atomic mass is 9.82. The number of nitrogens with two attached hydrogens (primary N) is 1. The van der Waals surface area contributed by atoms with Gasteiger partial charge in [-0.1, -0.05) is 19.8 Å². The quantitative estimate of drug-likeness (QED) is 0.635. The van der Waals surface area contributed by atoms with Crippen molar-refractivity contribution in [3.63, 3.8) is 0 Å². The molecule has 1 saturated carbocycles. The van der Waals surface area contributed by atoms with Gasteiger partial charge >= 0.3 is 0 Å². The van der Waals surface area contributed by atoms with Gasteiger partial charge in [0.25, 0.3) is 0 Å². The van der Waals surface area contributed by atoms with Crippen LogP contribution in [0, 0.1) is 5.92 Å². The zero-order valence-electron chi connectivity index (χ0n) is 10.8. The maximum Gasteiger partial charge on any atom is 0.148 e. The lowest BCUT2D eigenvalue weighted by Gasteiger charge is -2.26. The lowest BCUT2D eigenvalue weighted by molar-refractivity contribution is 0.335. The van der Waals surface area contributed by atoms with Crippen molar-refractivity contribution in [3.8, 4) is 0 Å². The van der Waals surface area contributed by atoms with Crippen molar-refractivity contribution in [1.82, 2.24) is 9.97 Å². The average Bonchev–Trinajstić information content (AvgIpc) is 2.85. The summed E-state index contributed by atoms with van der Waals surface area (Å²) in [6.45, 7) is 2.33. The van der Waals surface area contributed by atoms with Crippen molar-refractivity contribution in [2.45, 2.75) is 50.0 Å². The first-order valence-electron chi connectivity index (χ1n) is 6.72. The number of nitrogens with one attached hydrogen (secondary N) is 1. The number of rotatable bonds is 2. The smallest absolute Gasteiger partial charge is 0.148 e. The van der Waals surface area contributed by atoms with E-state index in [4.69, 9.17) is 10.8 Å². The Morgan fingerprint density at radius 1 is 1.28 bits per heavy atom. The highest BCUT2D eigenvalue weighted by molar-refractivity contribution is 7.98. The molecule has 0 radical (unpaired) electrons. The maximum atomic E-state index is 5.60. The summed E-state index contributed by atoms with van der Waals surface area (Å²) in [6, 6.07) is 0. The van der Waals surface area contributed by atoms with Crippen LogP contribution < -0.4 is 11.3 Å². The highest BCUT2D eigenvalue weighted by atomic mass is 32.2. The molecule has 98 valence electrons. The van der Waals surface area contributed by atoms with E-state index in [0.717, 1.165) is 29.1 Å². The van der Waals surface area contributed by atoms with Crippen LogP contribution in [0.3, 0.4) is 0 Å². The van der Waals surface area contributed by atoms with E-state index in [1.54, 1.807) is 0 Å². The van der Waals surface area contributed by atoms with Crippen molar-refractivity contribution < 1.29 is 0 Å². The molecule has 1 aliphatic heterocycles. The monoisotopic (exact) mass is 264 g/mol. The standard InChI is InChI=1S/C13H20N4S/c1-8-3-2-4-9(5-8)12-15-11-7-18-6-10(11)13(16-12)17-14/h8-9H,2-7,14H2,1H3,(H,15,16,17). The largest absolute Gasteiger partial charge is 0.308 e. The Morgan fingerprint density at radius 2 is 2.17 bits per heavy atom. The van der Waals surface area contributed by atoms with Gasteiger partial charge in [0.1, 0.15) is 11.6 Å². The third kappa shape index (κ3) is 2.21. The third-order valence-corrected chi connectivity index (χ3v) is 5.00. The molecule has 0 aromatic carbocycles. The number of nitrogens with zero attached hydrogens (tertiary/aromatic N) is 2. The number of anilines is 1. The summed E-state index contributed by atoms with van der Waals surface area (Å²) in [7, 11) is 0. The van der Waals surface area contributed by atoms with Crippen LogP contribution >= 0.6 is 11.8 Å². The second-order valence-corrected chi connectivity index (χ2v) is 6.45. The Morgan fingerprint density at radius 3 is 2.94 bits per heavy atom. The fraction of sp³-hybridized carbons (Fsp3) is 0.692. The molecule has 0 bridgehead atoms. The van der Waals surface area contributed by atoms with Gasteiger partial charge in [-0.15, -0.1) is 0 Å². The number of fused-ring (bicyclic) bond motifs is 1. The summed E-state index contributed by atoms with van der Waals surface area (Å²) < 4.78 is 0. The second kappa shape index (κ2) is 5.05. The Bertz CT molecular complexity index is 449. The van der Waals surface area contributed by atoms with E-state index >= 15 is 0 Å². The molecule has 3 N–H and O–H groups in total. The van der Waals surface area contributed by atoms with Gasteiger partial charge in [-0.2, -0.15) is 11.8 Å². The summed E-state index contributed by atoms with van der Waals surface area (Å²) in [6.07, 6.45) is 5.09. The SMILES string of the molecule is CC1CCCC(c2nc3c(c(NN)n2)CSC3)C1. The van der Waals surface area contributed by atoms with E-state index in [1.165, 1.54) is 36.9 Å². The molecule has 0 spiro atoms. The van der Waals surface area contributed by atoms with E-state index < -0.39 is 0 Å². The zero-order valence-corrected chi connectivity index (χ0v) is 11.6. The van der Waals surface area contributed by atoms with Crippen LogP contribution in [0.15, 0.2) is 0 Å². The van der Waals surface area contributed by atoms with Crippen molar-refractivity contribution in [1.29, 1.82) is 0 Å². The minimum absolute atomic E-state index is 0.525. The van der Waals surface area contributed by atoms with Crippen LogP contribution in [0.2, 0.25) is 0 Å². The van der Waals surface area contributed by atoms with E-state index in [9.17, 15) is 0 Å². The molecule has 1 aliphatic carbocycles. The summed E-state index contributed by atoms with van der Waals surface area (Å²) in [5.74, 6) is 10.8. The Labute approximate surface area is 112 Å². The predicted octanol–water partition coefficient (Wildman–Crippen LogP) is 2.80. The molecular formula is C13H20N4S. The molecule has 2 unspecified atom stereocenters. The van der Waals surface area contributed by atoms with Gasteiger partial charge in [0.15, 0.2) is 0 Å². The normalized spacial score (nSPS) is 27.0. The number of hydrogen-bond donors (Lipinski definition) is 2. The number of thioether (sulfide) groups is 1. The molecule has 4 nitrogen and oxygen atoms in total. The summed E-state index contributed by atoms with van der Waals surface area (Å²) in [4.78, 5) is 9.45. The van der Waals surface area contributed by atoms with Gasteiger partial charge in [0.05, 0.1) is 5.69 Å². The second-order valence-electron chi connectivity index (χ2n) is 5.46. The highest BCUT2D eigenvalue weighted by Gasteiger charge is 2.26. The lowest BCUT2D eigenvalue weighted by Crippen LogP contribution is -2.18. The predicted molar refractivity (Wildman–Crippen MR) is 75.2 cm³/mol. The summed E-state index contributed by atoms with van der Waals surface area (Å²) >= 11 is 1.89. The third-order valence-electron chi connectivity index (χ3n) is 4.03. The molecular weight excluding hydrogens is 244 g/mol. The van der Waals surface area contributed by atoms with Crippen LogP contribution in [0.1, 0.15) is 55.6 Å². The van der Waals surface area contributed by atoms with E-state index in [-0.39, 0.29) is 0 Å². The van der Waals surface area contributed by atoms with Crippen LogP contribution in [0.25, 0.3) is 0 Å². The molecule has 2 heterocycles. The summed E-state index contributed by atoms with van der Waals surface area (Å²) in [5, 5.41) is 0. The van der Waals surface area contributed by atoms with Crippen LogP contribution in [-0.2, 0) is 11.5 Å². The van der Waals surface area contributed by atoms with Crippen LogP contribution in [0.4, 0.5) is 5.82 Å². The Balaban J connectivity index is 1.92. The fourth-order valence-electron chi connectivity index (χ4n) is 3.04. The first-order valence-corrected chi connectivity index (χ1v) is 7.87. The first kappa shape index (κ1) is 12.2. The molecule has 3 rings (SSSR count). The first-order chi connectivity index (χ1) is 8.78. The van der Waals surface area contributed by atoms with Gasteiger partial charge in [0.2, 0.25) is 0 Å². The van der Waals surface area contributed by atoms with Crippen molar-refractivity contribution in [2.75, 3.05) is 5.43 Å². The minimum atomic E-state index is 0.525. The van der Waals surface area contributed by atoms with Crippen LogP contribution in [-0.4, -0.2) is 9.97 Å². The maximum absolute atomic E-state index is 5.60. The van der Waals surface area contributed by atoms with E-state index in [0.29, 0.717) is 5.92 Å². The molecule has 0 saturated heterocycles. The Hall–Kier alpha value is -0.810. The van der Waals surface area contributed by atoms with Gasteiger partial charge < -0.3 is 5.43 Å². The molecule has 2 aliphatic rings. The Kier molecular flexibility index (Phi) is 3.43. The van der Waals surface area contributed by atoms with Crippen molar-refractivity contribution in [2.24, 2.45) is 11.8 Å². The molecule has 5 heteroatoms. The van der Waals surface area contributed by atoms with Gasteiger partial charge in [-0.3, -0.25) is 0 Å². The molecule has 2 atom stereocenters. The summed E-state index contributed by atoms with van der Waals surface area (Å²) in [5.41, 5.74) is 5.15. The average molecular weight is 264 g/mol. The molecule has 1 aromatic heterocycles. The van der Waals surface area contributed by atoms with Crippen molar-refractivity contribution >= 4 is 17.6 Å². The highest BCUT2D eigenvalue weighted by Crippen LogP contribution is 2.38. The topological polar surface area (TPSA) is 63.8 Å². The number of hydrazine groups is 1. The number of nitrogen functional groups attached to an aromatic ring is 1. The number of aromatic nitrogens is 2. The molecule has 1 fully saturated rings. The molecule has 1 aromatic rings. The fourth-order valence-corrected chi connectivity index (χ4v) is 4.08. The minimum Gasteiger partial charge on any atom is -0.308 e. The van der Waals surface area contributed by atoms with E-state index in [2.05, 4.69) is 17.3 Å². The van der Waals surface area contributed by atoms with Gasteiger partial charge in [0, 0.05) is 23.0 Å². The molecule has 18 heavy (non-hydrogen) atoms. The zero-order chi connectivity index (χ0) is 12.5. The van der Waals surface area contributed by atoms with E-state index in [1.807, 2.05) is 11.8 Å². The van der Waals surface area contributed by atoms with Gasteiger partial charge in [-0.05, 0) is 18.8 Å². The van der Waals surface area contributed by atoms with Crippen LogP contribution in [0.5, 0.6) is 0 Å². The number of hydrogen-bond acceptors (Lipinski definition) is 5. The van der Waals surface area contributed by atoms with Crippen molar-refractivity contribution in [3.05, 3.63) is 17.1 Å². The van der Waals surface area contributed by atoms with Gasteiger partial charge in [-0.25, -0.2) is 15.8 Å². The molecule has 0 amide bonds.